The molecule has 1 fully saturated rings. The van der Waals surface area contributed by atoms with Gasteiger partial charge in [-0.05, 0) is 49.6 Å². The summed E-state index contributed by atoms with van der Waals surface area (Å²) in [5, 5.41) is 2.91. The Morgan fingerprint density at radius 1 is 1.15 bits per heavy atom. The molecule has 33 heavy (non-hydrogen) atoms. The van der Waals surface area contributed by atoms with Gasteiger partial charge in [-0.2, -0.15) is 8.78 Å². The quantitative estimate of drug-likeness (QED) is 0.612. The van der Waals surface area contributed by atoms with Crippen LogP contribution in [0.5, 0.6) is 17.2 Å². The van der Waals surface area contributed by atoms with Gasteiger partial charge in [0.1, 0.15) is 5.75 Å². The number of halogens is 2. The molecule has 2 aromatic carbocycles. The number of hydrogen-bond acceptors (Lipinski definition) is 5. The Morgan fingerprint density at radius 2 is 1.94 bits per heavy atom. The highest BCUT2D eigenvalue weighted by atomic mass is 19.3. The van der Waals surface area contributed by atoms with Crippen LogP contribution in [0.2, 0.25) is 0 Å². The van der Waals surface area contributed by atoms with Gasteiger partial charge >= 0.3 is 6.61 Å². The van der Waals surface area contributed by atoms with Crippen LogP contribution < -0.4 is 19.5 Å². The molecule has 3 rings (SSSR count). The number of benzene rings is 2. The number of nitrogens with one attached hydrogen (secondary N) is 1. The molecule has 1 N–H and O–H groups in total. The standard InChI is InChI=1S/C24H28F2N2O5/c1-3-32-20-11-10-16(13-21(20)31-2)14-27-22(29)17-7-6-12-28(15-17)23(30)18-8-4-5-9-19(18)33-24(25)26/h4-5,8-11,13,17,24H,3,6-7,12,14-15H2,1-2H3,(H,27,29). The highest BCUT2D eigenvalue weighted by molar-refractivity contribution is 5.97. The maximum absolute atomic E-state index is 12.9. The van der Waals surface area contributed by atoms with Crippen molar-refractivity contribution < 1.29 is 32.6 Å². The fourth-order valence-corrected chi connectivity index (χ4v) is 3.82. The second-order valence-corrected chi connectivity index (χ2v) is 7.60. The van der Waals surface area contributed by atoms with E-state index in [0.717, 1.165) is 5.56 Å². The van der Waals surface area contributed by atoms with Crippen LogP contribution >= 0.6 is 0 Å². The summed E-state index contributed by atoms with van der Waals surface area (Å²) in [4.78, 5) is 27.2. The molecule has 2 aromatic rings. The van der Waals surface area contributed by atoms with E-state index < -0.39 is 18.4 Å². The molecule has 0 radical (unpaired) electrons. The third-order valence-corrected chi connectivity index (χ3v) is 5.41. The molecule has 0 spiro atoms. The summed E-state index contributed by atoms with van der Waals surface area (Å²) in [6.45, 7) is 0.331. The summed E-state index contributed by atoms with van der Waals surface area (Å²) in [7, 11) is 1.55. The number of amides is 2. The number of likely N-dealkylation sites (tertiary alicyclic amines) is 1. The molecule has 1 aliphatic rings. The lowest BCUT2D eigenvalue weighted by molar-refractivity contribution is -0.126. The van der Waals surface area contributed by atoms with Gasteiger partial charge in [0, 0.05) is 19.6 Å². The van der Waals surface area contributed by atoms with Crippen molar-refractivity contribution >= 4 is 11.8 Å². The number of carbonyl (C=O) groups is 2. The van der Waals surface area contributed by atoms with Crippen molar-refractivity contribution in [3.05, 3.63) is 53.6 Å². The van der Waals surface area contributed by atoms with Crippen LogP contribution in [0.3, 0.4) is 0 Å². The van der Waals surface area contributed by atoms with Crippen LogP contribution in [0.25, 0.3) is 0 Å². The lowest BCUT2D eigenvalue weighted by Gasteiger charge is -2.32. The molecule has 1 aliphatic heterocycles. The Kier molecular flexibility index (Phi) is 8.46. The molecule has 0 aliphatic carbocycles. The summed E-state index contributed by atoms with van der Waals surface area (Å²) in [6.07, 6.45) is 1.27. The third-order valence-electron chi connectivity index (χ3n) is 5.41. The smallest absolute Gasteiger partial charge is 0.387 e. The van der Waals surface area contributed by atoms with Crippen molar-refractivity contribution in [2.45, 2.75) is 32.9 Å². The minimum Gasteiger partial charge on any atom is -0.493 e. The predicted molar refractivity (Wildman–Crippen MR) is 118 cm³/mol. The van der Waals surface area contributed by atoms with Gasteiger partial charge in [0.2, 0.25) is 5.91 Å². The highest BCUT2D eigenvalue weighted by Crippen LogP contribution is 2.28. The van der Waals surface area contributed by atoms with Crippen molar-refractivity contribution in [2.75, 3.05) is 26.8 Å². The predicted octanol–water partition coefficient (Wildman–Crippen LogP) is 3.86. The monoisotopic (exact) mass is 462 g/mol. The summed E-state index contributed by atoms with van der Waals surface area (Å²) in [5.41, 5.74) is 0.908. The number of ether oxygens (including phenoxy) is 3. The Labute approximate surface area is 191 Å². The number of carbonyl (C=O) groups excluding carboxylic acids is 2. The minimum absolute atomic E-state index is 0.0559. The van der Waals surface area contributed by atoms with E-state index in [-0.39, 0.29) is 23.8 Å². The van der Waals surface area contributed by atoms with E-state index >= 15 is 0 Å². The van der Waals surface area contributed by atoms with Crippen LogP contribution in [-0.2, 0) is 11.3 Å². The number of piperidine rings is 1. The Hall–Kier alpha value is -3.36. The van der Waals surface area contributed by atoms with Crippen molar-refractivity contribution in [1.82, 2.24) is 10.2 Å². The minimum atomic E-state index is -3.03. The summed E-state index contributed by atoms with van der Waals surface area (Å²) in [5.74, 6) is 0.0526. The number of methoxy groups -OCH3 is 1. The first-order valence-electron chi connectivity index (χ1n) is 10.8. The average molecular weight is 462 g/mol. The molecule has 0 aromatic heterocycles. The zero-order valence-corrected chi connectivity index (χ0v) is 18.7. The van der Waals surface area contributed by atoms with Crippen LogP contribution in [0.1, 0.15) is 35.7 Å². The van der Waals surface area contributed by atoms with Crippen LogP contribution in [0.15, 0.2) is 42.5 Å². The third kappa shape index (κ3) is 6.34. The lowest BCUT2D eigenvalue weighted by Crippen LogP contribution is -2.45. The zero-order valence-electron chi connectivity index (χ0n) is 18.7. The van der Waals surface area contributed by atoms with Crippen molar-refractivity contribution in [1.29, 1.82) is 0 Å². The SMILES string of the molecule is CCOc1ccc(CNC(=O)C2CCCN(C(=O)c3ccccc3OC(F)F)C2)cc1OC. The maximum Gasteiger partial charge on any atom is 0.387 e. The molecule has 7 nitrogen and oxygen atoms in total. The van der Waals surface area contributed by atoms with E-state index in [0.29, 0.717) is 44.0 Å². The number of alkyl halides is 2. The van der Waals surface area contributed by atoms with E-state index in [1.54, 1.807) is 19.2 Å². The summed E-state index contributed by atoms with van der Waals surface area (Å²) in [6, 6.07) is 11.3. The van der Waals surface area contributed by atoms with Crippen molar-refractivity contribution in [2.24, 2.45) is 5.92 Å². The summed E-state index contributed by atoms with van der Waals surface area (Å²) < 4.78 is 40.7. The van der Waals surface area contributed by atoms with Gasteiger partial charge in [0.25, 0.3) is 5.91 Å². The van der Waals surface area contributed by atoms with Crippen molar-refractivity contribution in [3.63, 3.8) is 0 Å². The van der Waals surface area contributed by atoms with E-state index in [1.807, 2.05) is 19.1 Å². The number of nitrogens with zero attached hydrogens (tertiary/aromatic N) is 1. The molecule has 2 amide bonds. The molecular formula is C24H28F2N2O5. The van der Waals surface area contributed by atoms with E-state index in [4.69, 9.17) is 9.47 Å². The second-order valence-electron chi connectivity index (χ2n) is 7.60. The van der Waals surface area contributed by atoms with Gasteiger partial charge in [-0.3, -0.25) is 9.59 Å². The van der Waals surface area contributed by atoms with Crippen LogP contribution in [0, 0.1) is 5.92 Å². The van der Waals surface area contributed by atoms with Gasteiger partial charge in [-0.15, -0.1) is 0 Å². The van der Waals surface area contributed by atoms with Crippen molar-refractivity contribution in [3.8, 4) is 17.2 Å². The molecule has 0 saturated carbocycles. The number of para-hydroxylation sites is 1. The Balaban J connectivity index is 1.61. The normalized spacial score (nSPS) is 15.8. The second kappa shape index (κ2) is 11.5. The molecule has 1 saturated heterocycles. The first-order chi connectivity index (χ1) is 15.9. The summed E-state index contributed by atoms with van der Waals surface area (Å²) >= 11 is 0. The van der Waals surface area contributed by atoms with E-state index in [1.165, 1.54) is 23.1 Å². The lowest BCUT2D eigenvalue weighted by atomic mass is 9.96. The van der Waals surface area contributed by atoms with E-state index in [2.05, 4.69) is 10.1 Å². The Bertz CT molecular complexity index is 970. The van der Waals surface area contributed by atoms with Gasteiger partial charge < -0.3 is 24.4 Å². The van der Waals surface area contributed by atoms with Crippen LogP contribution in [-0.4, -0.2) is 50.1 Å². The molecule has 1 heterocycles. The van der Waals surface area contributed by atoms with Gasteiger partial charge in [0.15, 0.2) is 11.5 Å². The largest absolute Gasteiger partial charge is 0.493 e. The molecule has 1 unspecified atom stereocenters. The van der Waals surface area contributed by atoms with E-state index in [9.17, 15) is 18.4 Å². The Morgan fingerprint density at radius 3 is 2.67 bits per heavy atom. The molecule has 1 atom stereocenters. The van der Waals surface area contributed by atoms with Gasteiger partial charge in [-0.25, -0.2) is 0 Å². The first-order valence-corrected chi connectivity index (χ1v) is 10.8. The number of hydrogen-bond donors (Lipinski definition) is 1. The zero-order chi connectivity index (χ0) is 23.8. The molecule has 178 valence electrons. The maximum atomic E-state index is 12.9. The van der Waals surface area contributed by atoms with Crippen LogP contribution in [0.4, 0.5) is 8.78 Å². The number of rotatable bonds is 9. The molecule has 0 bridgehead atoms. The fourth-order valence-electron chi connectivity index (χ4n) is 3.82. The first kappa shape index (κ1) is 24.3. The molecular weight excluding hydrogens is 434 g/mol. The highest BCUT2D eigenvalue weighted by Gasteiger charge is 2.30. The fraction of sp³-hybridized carbons (Fsp3) is 0.417. The topological polar surface area (TPSA) is 77.1 Å². The average Bonchev–Trinajstić information content (AvgIpc) is 2.83. The van der Waals surface area contributed by atoms with Gasteiger partial charge in [-0.1, -0.05) is 18.2 Å². The van der Waals surface area contributed by atoms with Gasteiger partial charge in [0.05, 0.1) is 25.2 Å². The molecule has 9 heteroatoms.